The highest BCUT2D eigenvalue weighted by Crippen LogP contribution is 2.27. The Morgan fingerprint density at radius 1 is 1.35 bits per heavy atom. The van der Waals surface area contributed by atoms with Crippen molar-refractivity contribution in [3.8, 4) is 5.75 Å². The zero-order chi connectivity index (χ0) is 12.3. The molecule has 0 aliphatic heterocycles. The van der Waals surface area contributed by atoms with Crippen LogP contribution < -0.4 is 4.74 Å². The molecule has 0 saturated heterocycles. The quantitative estimate of drug-likeness (QED) is 0.894. The zero-order valence-corrected chi connectivity index (χ0v) is 10.8. The van der Waals surface area contributed by atoms with E-state index in [0.717, 1.165) is 22.4 Å². The monoisotopic (exact) mass is 248 g/mol. The second-order valence-corrected chi connectivity index (χ2v) is 4.92. The lowest BCUT2D eigenvalue weighted by Crippen LogP contribution is -2.00. The lowest BCUT2D eigenvalue weighted by Gasteiger charge is -2.13. The molecule has 1 aromatic heterocycles. The molecule has 0 aliphatic carbocycles. The van der Waals surface area contributed by atoms with Crippen molar-refractivity contribution < 1.29 is 9.84 Å². The first-order valence-electron chi connectivity index (χ1n) is 5.59. The van der Waals surface area contributed by atoms with Crippen LogP contribution in [0.25, 0.3) is 0 Å². The van der Waals surface area contributed by atoms with Crippen molar-refractivity contribution in [3.63, 3.8) is 0 Å². The van der Waals surface area contributed by atoms with Gasteiger partial charge in [0.15, 0.2) is 0 Å². The number of hydrogen-bond acceptors (Lipinski definition) is 3. The van der Waals surface area contributed by atoms with Crippen LogP contribution in [-0.2, 0) is 6.61 Å². The second kappa shape index (κ2) is 5.34. The number of aryl methyl sites for hydroxylation is 1. The van der Waals surface area contributed by atoms with Crippen LogP contribution in [0.2, 0.25) is 0 Å². The molecule has 1 aromatic carbocycles. The Morgan fingerprint density at radius 2 is 2.18 bits per heavy atom. The Bertz CT molecular complexity index is 475. The summed E-state index contributed by atoms with van der Waals surface area (Å²) in [6.45, 7) is 4.32. The van der Waals surface area contributed by atoms with Crippen LogP contribution in [-0.4, -0.2) is 5.11 Å². The molecule has 0 unspecified atom stereocenters. The van der Waals surface area contributed by atoms with Crippen LogP contribution >= 0.6 is 11.3 Å². The summed E-state index contributed by atoms with van der Waals surface area (Å²) in [5.41, 5.74) is 3.13. The van der Waals surface area contributed by atoms with E-state index in [1.165, 1.54) is 0 Å². The highest BCUT2D eigenvalue weighted by molar-refractivity contribution is 7.07. The van der Waals surface area contributed by atoms with Gasteiger partial charge >= 0.3 is 0 Å². The van der Waals surface area contributed by atoms with Crippen molar-refractivity contribution in [2.45, 2.75) is 26.6 Å². The molecule has 0 aliphatic rings. The Kier molecular flexibility index (Phi) is 3.82. The Morgan fingerprint density at radius 3 is 2.82 bits per heavy atom. The predicted octanol–water partition coefficient (Wildman–Crippen LogP) is 3.69. The van der Waals surface area contributed by atoms with Gasteiger partial charge in [0, 0.05) is 5.56 Å². The third-order valence-electron chi connectivity index (χ3n) is 2.59. The van der Waals surface area contributed by atoms with Gasteiger partial charge in [-0.3, -0.25) is 0 Å². The smallest absolute Gasteiger partial charge is 0.125 e. The molecule has 3 heteroatoms. The highest BCUT2D eigenvalue weighted by atomic mass is 32.1. The van der Waals surface area contributed by atoms with Crippen molar-refractivity contribution >= 4 is 11.3 Å². The van der Waals surface area contributed by atoms with Gasteiger partial charge in [-0.25, -0.2) is 0 Å². The first kappa shape index (κ1) is 12.1. The second-order valence-electron chi connectivity index (χ2n) is 4.14. The van der Waals surface area contributed by atoms with Gasteiger partial charge in [0.2, 0.25) is 0 Å². The first-order chi connectivity index (χ1) is 8.16. The standard InChI is InChI=1S/C14H16O2S/c1-10-3-4-13(11(2)15)14(7-10)16-8-12-5-6-17-9-12/h3-7,9,11,15H,8H2,1-2H3/t11-/m1/s1. The molecular weight excluding hydrogens is 232 g/mol. The van der Waals surface area contributed by atoms with Crippen molar-refractivity contribution in [1.82, 2.24) is 0 Å². The number of ether oxygens (including phenoxy) is 1. The van der Waals surface area contributed by atoms with Crippen LogP contribution in [0, 0.1) is 6.92 Å². The molecule has 0 fully saturated rings. The van der Waals surface area contributed by atoms with Gasteiger partial charge in [-0.05, 0) is 47.9 Å². The summed E-state index contributed by atoms with van der Waals surface area (Å²) < 4.78 is 5.77. The molecule has 0 radical (unpaired) electrons. The van der Waals surface area contributed by atoms with E-state index in [0.29, 0.717) is 6.61 Å². The molecule has 17 heavy (non-hydrogen) atoms. The van der Waals surface area contributed by atoms with E-state index in [9.17, 15) is 5.11 Å². The molecule has 90 valence electrons. The largest absolute Gasteiger partial charge is 0.488 e. The van der Waals surface area contributed by atoms with Crippen LogP contribution in [0.15, 0.2) is 35.0 Å². The van der Waals surface area contributed by atoms with Gasteiger partial charge in [0.05, 0.1) is 6.10 Å². The van der Waals surface area contributed by atoms with Crippen molar-refractivity contribution in [1.29, 1.82) is 0 Å². The number of rotatable bonds is 4. The van der Waals surface area contributed by atoms with Crippen LogP contribution in [0.5, 0.6) is 5.75 Å². The molecule has 0 spiro atoms. The van der Waals surface area contributed by atoms with Crippen LogP contribution in [0.3, 0.4) is 0 Å². The zero-order valence-electron chi connectivity index (χ0n) is 10.0. The van der Waals surface area contributed by atoms with E-state index in [1.807, 2.05) is 36.6 Å². The number of hydrogen-bond donors (Lipinski definition) is 1. The third-order valence-corrected chi connectivity index (χ3v) is 3.33. The van der Waals surface area contributed by atoms with E-state index in [-0.39, 0.29) is 0 Å². The SMILES string of the molecule is Cc1ccc([C@@H](C)O)c(OCc2ccsc2)c1. The fraction of sp³-hybridized carbons (Fsp3) is 0.286. The third kappa shape index (κ3) is 3.08. The van der Waals surface area contributed by atoms with E-state index in [1.54, 1.807) is 18.3 Å². The summed E-state index contributed by atoms with van der Waals surface area (Å²) >= 11 is 1.66. The first-order valence-corrected chi connectivity index (χ1v) is 6.53. The molecule has 1 N–H and O–H groups in total. The molecule has 1 heterocycles. The highest BCUT2D eigenvalue weighted by Gasteiger charge is 2.09. The average molecular weight is 248 g/mol. The van der Waals surface area contributed by atoms with E-state index < -0.39 is 6.10 Å². The van der Waals surface area contributed by atoms with E-state index >= 15 is 0 Å². The maximum absolute atomic E-state index is 9.67. The maximum atomic E-state index is 9.67. The van der Waals surface area contributed by atoms with E-state index in [4.69, 9.17) is 4.74 Å². The number of thiophene rings is 1. The summed E-state index contributed by atoms with van der Waals surface area (Å²) in [6, 6.07) is 7.92. The fourth-order valence-electron chi connectivity index (χ4n) is 1.65. The molecular formula is C14H16O2S. The minimum Gasteiger partial charge on any atom is -0.488 e. The topological polar surface area (TPSA) is 29.5 Å². The van der Waals surface area contributed by atoms with Crippen molar-refractivity contribution in [3.05, 3.63) is 51.7 Å². The molecule has 0 bridgehead atoms. The minimum absolute atomic E-state index is 0.506. The summed E-state index contributed by atoms with van der Waals surface area (Å²) in [4.78, 5) is 0. The summed E-state index contributed by atoms with van der Waals surface area (Å²) in [5.74, 6) is 0.770. The Labute approximate surface area is 105 Å². The van der Waals surface area contributed by atoms with Crippen molar-refractivity contribution in [2.24, 2.45) is 0 Å². The normalized spacial score (nSPS) is 12.4. The maximum Gasteiger partial charge on any atom is 0.125 e. The number of aliphatic hydroxyl groups is 1. The van der Waals surface area contributed by atoms with Gasteiger partial charge < -0.3 is 9.84 Å². The molecule has 0 saturated carbocycles. The number of aliphatic hydroxyl groups excluding tert-OH is 1. The molecule has 2 rings (SSSR count). The molecule has 2 aromatic rings. The molecule has 2 nitrogen and oxygen atoms in total. The van der Waals surface area contributed by atoms with Gasteiger partial charge in [-0.15, -0.1) is 0 Å². The summed E-state index contributed by atoms with van der Waals surface area (Å²) in [5, 5.41) is 13.8. The molecule has 0 amide bonds. The Hall–Kier alpha value is -1.32. The van der Waals surface area contributed by atoms with Crippen LogP contribution in [0.1, 0.15) is 29.7 Å². The summed E-state index contributed by atoms with van der Waals surface area (Å²) in [7, 11) is 0. The summed E-state index contributed by atoms with van der Waals surface area (Å²) in [6.07, 6.45) is -0.506. The van der Waals surface area contributed by atoms with Gasteiger partial charge in [0.25, 0.3) is 0 Å². The number of benzene rings is 1. The minimum atomic E-state index is -0.506. The van der Waals surface area contributed by atoms with Crippen LogP contribution in [0.4, 0.5) is 0 Å². The lowest BCUT2D eigenvalue weighted by molar-refractivity contribution is 0.190. The van der Waals surface area contributed by atoms with Gasteiger partial charge in [-0.1, -0.05) is 12.1 Å². The average Bonchev–Trinajstić information content (AvgIpc) is 2.78. The van der Waals surface area contributed by atoms with Gasteiger partial charge in [-0.2, -0.15) is 11.3 Å². The predicted molar refractivity (Wildman–Crippen MR) is 70.5 cm³/mol. The molecule has 1 atom stereocenters. The Balaban J connectivity index is 2.16. The van der Waals surface area contributed by atoms with Crippen molar-refractivity contribution in [2.75, 3.05) is 0 Å². The fourth-order valence-corrected chi connectivity index (χ4v) is 2.30. The van der Waals surface area contributed by atoms with E-state index in [2.05, 4.69) is 5.38 Å². The van der Waals surface area contributed by atoms with Gasteiger partial charge in [0.1, 0.15) is 12.4 Å². The lowest BCUT2D eigenvalue weighted by atomic mass is 10.1.